The summed E-state index contributed by atoms with van der Waals surface area (Å²) in [5.74, 6) is 8.92. The summed E-state index contributed by atoms with van der Waals surface area (Å²) in [7, 11) is 0. The summed E-state index contributed by atoms with van der Waals surface area (Å²) in [4.78, 5) is 0. The highest BCUT2D eigenvalue weighted by Gasteiger charge is 2.50. The van der Waals surface area contributed by atoms with E-state index in [1.807, 2.05) is 0 Å². The quantitative estimate of drug-likeness (QED) is 0.538. The summed E-state index contributed by atoms with van der Waals surface area (Å²) in [5.41, 5.74) is 0. The minimum absolute atomic E-state index is 1.03. The zero-order valence-electron chi connectivity index (χ0n) is 13.0. The second-order valence-electron chi connectivity index (χ2n) is 8.71. The number of hydrogen-bond acceptors (Lipinski definition) is 0. The van der Waals surface area contributed by atoms with Crippen LogP contribution in [0.3, 0.4) is 0 Å². The van der Waals surface area contributed by atoms with Gasteiger partial charge in [0.05, 0.1) is 0 Å². The monoisotopic (exact) mass is 260 g/mol. The van der Waals surface area contributed by atoms with Crippen LogP contribution in [0.5, 0.6) is 0 Å². The first kappa shape index (κ1) is 12.7. The van der Waals surface area contributed by atoms with Gasteiger partial charge in [-0.25, -0.2) is 0 Å². The largest absolute Gasteiger partial charge is 0.0625 e. The molecule has 4 fully saturated rings. The Morgan fingerprint density at radius 3 is 2.00 bits per heavy atom. The first-order valence-electron chi connectivity index (χ1n) is 9.24. The molecular weight excluding hydrogens is 228 g/mol. The third kappa shape index (κ3) is 2.00. The molecule has 0 bridgehead atoms. The molecule has 19 heavy (non-hydrogen) atoms. The van der Waals surface area contributed by atoms with Gasteiger partial charge in [0, 0.05) is 0 Å². The van der Waals surface area contributed by atoms with E-state index < -0.39 is 0 Å². The van der Waals surface area contributed by atoms with Crippen molar-refractivity contribution in [3.63, 3.8) is 0 Å². The second kappa shape index (κ2) is 4.78. The van der Waals surface area contributed by atoms with Gasteiger partial charge in [-0.15, -0.1) is 0 Å². The van der Waals surface area contributed by atoms with Crippen molar-refractivity contribution in [2.75, 3.05) is 0 Å². The highest BCUT2D eigenvalue weighted by molar-refractivity contribution is 5.00. The van der Waals surface area contributed by atoms with Gasteiger partial charge in [0.15, 0.2) is 0 Å². The van der Waals surface area contributed by atoms with Crippen molar-refractivity contribution >= 4 is 0 Å². The first-order valence-corrected chi connectivity index (χ1v) is 9.24. The molecular formula is C19H32. The molecule has 0 heteroatoms. The van der Waals surface area contributed by atoms with Gasteiger partial charge in [0.2, 0.25) is 0 Å². The zero-order valence-corrected chi connectivity index (χ0v) is 13.0. The van der Waals surface area contributed by atoms with Crippen LogP contribution in [0.15, 0.2) is 0 Å². The van der Waals surface area contributed by atoms with Crippen LogP contribution in [0.25, 0.3) is 0 Å². The number of rotatable bonds is 0. The summed E-state index contributed by atoms with van der Waals surface area (Å²) in [6, 6.07) is 0. The summed E-state index contributed by atoms with van der Waals surface area (Å²) >= 11 is 0. The van der Waals surface area contributed by atoms with Crippen molar-refractivity contribution < 1.29 is 0 Å². The molecule has 4 rings (SSSR count). The molecule has 0 spiro atoms. The molecule has 4 saturated carbocycles. The standard InChI is InChI=1S/C19H32/c1-12-3-6-16-14(11-12)5-8-19-17-7-4-13(2)15(17)9-10-18(16)19/h12-19H,3-11H2,1-2H3/t12-,13?,14?,15?,16-,17?,18?,19?/m0/s1. The molecule has 0 aliphatic heterocycles. The third-order valence-corrected chi connectivity index (χ3v) is 7.89. The van der Waals surface area contributed by atoms with Gasteiger partial charge in [-0.2, -0.15) is 0 Å². The molecule has 0 saturated heterocycles. The fourth-order valence-electron chi connectivity index (χ4n) is 7.04. The molecule has 108 valence electrons. The summed E-state index contributed by atoms with van der Waals surface area (Å²) < 4.78 is 0. The van der Waals surface area contributed by atoms with E-state index >= 15 is 0 Å². The van der Waals surface area contributed by atoms with Crippen LogP contribution in [-0.4, -0.2) is 0 Å². The molecule has 0 aromatic carbocycles. The molecule has 0 N–H and O–H groups in total. The Bertz CT molecular complexity index is 333. The molecule has 0 radical (unpaired) electrons. The Morgan fingerprint density at radius 2 is 1.11 bits per heavy atom. The average Bonchev–Trinajstić information content (AvgIpc) is 2.80. The fourth-order valence-corrected chi connectivity index (χ4v) is 7.04. The second-order valence-corrected chi connectivity index (χ2v) is 8.71. The Hall–Kier alpha value is 0. The van der Waals surface area contributed by atoms with Crippen molar-refractivity contribution in [3.8, 4) is 0 Å². The van der Waals surface area contributed by atoms with E-state index in [2.05, 4.69) is 13.8 Å². The molecule has 0 aromatic rings. The van der Waals surface area contributed by atoms with Crippen LogP contribution in [-0.2, 0) is 0 Å². The average molecular weight is 260 g/mol. The molecule has 0 nitrogen and oxygen atoms in total. The molecule has 6 unspecified atom stereocenters. The Labute approximate surface area is 119 Å². The van der Waals surface area contributed by atoms with Gasteiger partial charge in [-0.05, 0) is 92.3 Å². The van der Waals surface area contributed by atoms with Gasteiger partial charge in [-0.1, -0.05) is 26.7 Å². The molecule has 0 heterocycles. The fraction of sp³-hybridized carbons (Fsp3) is 1.00. The lowest BCUT2D eigenvalue weighted by Gasteiger charge is -2.53. The summed E-state index contributed by atoms with van der Waals surface area (Å²) in [6.45, 7) is 5.04. The van der Waals surface area contributed by atoms with Gasteiger partial charge in [0.25, 0.3) is 0 Å². The highest BCUT2D eigenvalue weighted by Crippen LogP contribution is 2.59. The smallest absolute Gasteiger partial charge is 0.0352 e. The summed E-state index contributed by atoms with van der Waals surface area (Å²) in [6.07, 6.45) is 14.2. The Kier molecular flexibility index (Phi) is 3.20. The SMILES string of the molecule is CC1CCC2C1CCC1C2CCC2C[C@@H](C)CC[C@@H]21. The normalized spacial score (nSPS) is 57.2. The van der Waals surface area contributed by atoms with E-state index in [-0.39, 0.29) is 0 Å². The van der Waals surface area contributed by atoms with Gasteiger partial charge < -0.3 is 0 Å². The van der Waals surface area contributed by atoms with Crippen molar-refractivity contribution in [2.24, 2.45) is 47.3 Å². The number of hydrogen-bond donors (Lipinski definition) is 0. The van der Waals surface area contributed by atoms with Crippen molar-refractivity contribution in [1.82, 2.24) is 0 Å². The van der Waals surface area contributed by atoms with Gasteiger partial charge in [-0.3, -0.25) is 0 Å². The molecule has 0 amide bonds. The van der Waals surface area contributed by atoms with Crippen LogP contribution in [0.1, 0.15) is 71.6 Å². The van der Waals surface area contributed by atoms with E-state index in [4.69, 9.17) is 0 Å². The number of fused-ring (bicyclic) bond motifs is 5. The topological polar surface area (TPSA) is 0 Å². The van der Waals surface area contributed by atoms with Crippen LogP contribution in [0, 0.1) is 47.3 Å². The van der Waals surface area contributed by atoms with E-state index in [0.29, 0.717) is 0 Å². The Morgan fingerprint density at radius 1 is 0.526 bits per heavy atom. The predicted molar refractivity (Wildman–Crippen MR) is 80.8 cm³/mol. The maximum Gasteiger partial charge on any atom is -0.0352 e. The predicted octanol–water partition coefficient (Wildman–Crippen LogP) is 5.52. The lowest BCUT2D eigenvalue weighted by molar-refractivity contribution is -0.0315. The first-order chi connectivity index (χ1) is 9.24. The molecule has 4 aliphatic carbocycles. The maximum atomic E-state index is 2.54. The lowest BCUT2D eigenvalue weighted by atomic mass is 9.53. The van der Waals surface area contributed by atoms with Crippen molar-refractivity contribution in [3.05, 3.63) is 0 Å². The van der Waals surface area contributed by atoms with E-state index in [9.17, 15) is 0 Å². The lowest BCUT2D eigenvalue weighted by Crippen LogP contribution is -2.44. The van der Waals surface area contributed by atoms with Crippen LogP contribution in [0.4, 0.5) is 0 Å². The molecule has 4 aliphatic rings. The minimum Gasteiger partial charge on any atom is -0.0625 e. The minimum atomic E-state index is 1.03. The van der Waals surface area contributed by atoms with E-state index in [1.165, 1.54) is 6.42 Å². The zero-order chi connectivity index (χ0) is 13.0. The Balaban J connectivity index is 1.53. The van der Waals surface area contributed by atoms with Crippen LogP contribution >= 0.6 is 0 Å². The maximum absolute atomic E-state index is 2.54. The van der Waals surface area contributed by atoms with Crippen molar-refractivity contribution in [2.45, 2.75) is 71.6 Å². The summed E-state index contributed by atoms with van der Waals surface area (Å²) in [5, 5.41) is 0. The molecule has 0 aromatic heterocycles. The van der Waals surface area contributed by atoms with Gasteiger partial charge >= 0.3 is 0 Å². The van der Waals surface area contributed by atoms with Gasteiger partial charge in [0.1, 0.15) is 0 Å². The van der Waals surface area contributed by atoms with Crippen LogP contribution in [0.2, 0.25) is 0 Å². The van der Waals surface area contributed by atoms with E-state index in [1.54, 1.807) is 51.4 Å². The third-order valence-electron chi connectivity index (χ3n) is 7.89. The van der Waals surface area contributed by atoms with Crippen molar-refractivity contribution in [1.29, 1.82) is 0 Å². The highest BCUT2D eigenvalue weighted by atomic mass is 14.6. The molecule has 8 atom stereocenters. The van der Waals surface area contributed by atoms with E-state index in [0.717, 1.165) is 47.3 Å². The van der Waals surface area contributed by atoms with Crippen LogP contribution < -0.4 is 0 Å².